The smallest absolute Gasteiger partial charge is 0.321 e. The number of rotatable bonds is 2. The van der Waals surface area contributed by atoms with E-state index < -0.39 is 0 Å². The Labute approximate surface area is 135 Å². The maximum atomic E-state index is 12.2. The third-order valence-electron chi connectivity index (χ3n) is 3.16. The van der Waals surface area contributed by atoms with Gasteiger partial charge in [-0.2, -0.15) is 11.8 Å². The van der Waals surface area contributed by atoms with Gasteiger partial charge in [-0.3, -0.25) is 4.79 Å². The summed E-state index contributed by atoms with van der Waals surface area (Å²) in [5.41, 5.74) is 0.897. The molecule has 1 aliphatic heterocycles. The fourth-order valence-corrected chi connectivity index (χ4v) is 3.02. The molecule has 5 nitrogen and oxygen atoms in total. The Hall–Kier alpha value is -1.69. The standard InChI is InChI=1S/C16H23N3O2S/c1-16(2,3)18-14(20)12-5-4-6-13(11-12)17-15(21)19-7-9-22-10-8-19/h4-6,11H,7-10H2,1-3H3,(H,17,21)(H,18,20). The second-order valence-corrected chi connectivity index (χ2v) is 7.54. The quantitative estimate of drug-likeness (QED) is 0.880. The van der Waals surface area contributed by atoms with E-state index in [-0.39, 0.29) is 17.5 Å². The summed E-state index contributed by atoms with van der Waals surface area (Å²) in [6.45, 7) is 7.34. The molecule has 0 saturated carbocycles. The number of amides is 3. The summed E-state index contributed by atoms with van der Waals surface area (Å²) >= 11 is 1.86. The number of thioether (sulfide) groups is 1. The molecule has 0 aromatic heterocycles. The number of benzene rings is 1. The lowest BCUT2D eigenvalue weighted by Gasteiger charge is -2.26. The van der Waals surface area contributed by atoms with Gasteiger partial charge >= 0.3 is 6.03 Å². The van der Waals surface area contributed by atoms with Crippen molar-refractivity contribution in [2.45, 2.75) is 26.3 Å². The van der Waals surface area contributed by atoms with Crippen LogP contribution in [0.15, 0.2) is 24.3 Å². The van der Waals surface area contributed by atoms with E-state index in [1.165, 1.54) is 0 Å². The Morgan fingerprint density at radius 1 is 1.18 bits per heavy atom. The molecule has 0 radical (unpaired) electrons. The van der Waals surface area contributed by atoms with Crippen LogP contribution >= 0.6 is 11.8 Å². The van der Waals surface area contributed by atoms with Crippen molar-refractivity contribution in [2.24, 2.45) is 0 Å². The van der Waals surface area contributed by atoms with E-state index >= 15 is 0 Å². The predicted octanol–water partition coefficient (Wildman–Crippen LogP) is 2.80. The van der Waals surface area contributed by atoms with Crippen molar-refractivity contribution < 1.29 is 9.59 Å². The highest BCUT2D eigenvalue weighted by Gasteiger charge is 2.18. The van der Waals surface area contributed by atoms with Gasteiger partial charge in [0.15, 0.2) is 0 Å². The van der Waals surface area contributed by atoms with Crippen molar-refractivity contribution in [2.75, 3.05) is 29.9 Å². The van der Waals surface area contributed by atoms with Crippen molar-refractivity contribution in [3.05, 3.63) is 29.8 Å². The SMILES string of the molecule is CC(C)(C)NC(=O)c1cccc(NC(=O)N2CCSCC2)c1. The van der Waals surface area contributed by atoms with Crippen LogP contribution in [0, 0.1) is 0 Å². The zero-order chi connectivity index (χ0) is 16.2. The first-order chi connectivity index (χ1) is 10.3. The average molecular weight is 321 g/mol. The lowest BCUT2D eigenvalue weighted by atomic mass is 10.1. The lowest BCUT2D eigenvalue weighted by Crippen LogP contribution is -2.41. The van der Waals surface area contributed by atoms with Crippen LogP contribution < -0.4 is 10.6 Å². The van der Waals surface area contributed by atoms with Gasteiger partial charge in [-0.05, 0) is 39.0 Å². The van der Waals surface area contributed by atoms with E-state index in [9.17, 15) is 9.59 Å². The summed E-state index contributed by atoms with van der Waals surface area (Å²) in [5, 5.41) is 5.78. The van der Waals surface area contributed by atoms with E-state index in [0.29, 0.717) is 11.3 Å². The molecule has 0 spiro atoms. The minimum absolute atomic E-state index is 0.103. The second-order valence-electron chi connectivity index (χ2n) is 6.31. The van der Waals surface area contributed by atoms with Gasteiger partial charge in [0, 0.05) is 41.4 Å². The number of hydrogen-bond acceptors (Lipinski definition) is 3. The molecule has 2 rings (SSSR count). The molecule has 0 unspecified atom stereocenters. The molecule has 0 atom stereocenters. The summed E-state index contributed by atoms with van der Waals surface area (Å²) in [6.07, 6.45) is 0. The van der Waals surface area contributed by atoms with Crippen molar-refractivity contribution >= 4 is 29.4 Å². The predicted molar refractivity (Wildman–Crippen MR) is 91.6 cm³/mol. The van der Waals surface area contributed by atoms with Crippen LogP contribution in [0.5, 0.6) is 0 Å². The molecule has 1 fully saturated rings. The Morgan fingerprint density at radius 3 is 2.50 bits per heavy atom. The maximum Gasteiger partial charge on any atom is 0.321 e. The minimum atomic E-state index is -0.290. The fraction of sp³-hybridized carbons (Fsp3) is 0.500. The largest absolute Gasteiger partial charge is 0.347 e. The average Bonchev–Trinajstić information content (AvgIpc) is 2.46. The molecule has 3 amide bonds. The van der Waals surface area contributed by atoms with Crippen LogP contribution in [0.1, 0.15) is 31.1 Å². The topological polar surface area (TPSA) is 61.4 Å². The Bertz CT molecular complexity index is 549. The van der Waals surface area contributed by atoms with Crippen molar-refractivity contribution in [3.63, 3.8) is 0 Å². The van der Waals surface area contributed by atoms with Crippen LogP contribution in [-0.2, 0) is 0 Å². The zero-order valence-electron chi connectivity index (χ0n) is 13.3. The molecule has 1 heterocycles. The fourth-order valence-electron chi connectivity index (χ4n) is 2.12. The summed E-state index contributed by atoms with van der Waals surface area (Å²) < 4.78 is 0. The van der Waals surface area contributed by atoms with Crippen molar-refractivity contribution in [3.8, 4) is 0 Å². The van der Waals surface area contributed by atoms with Gasteiger partial charge in [-0.25, -0.2) is 4.79 Å². The van der Waals surface area contributed by atoms with Gasteiger partial charge in [-0.15, -0.1) is 0 Å². The van der Waals surface area contributed by atoms with Crippen LogP contribution in [0.2, 0.25) is 0 Å². The molecule has 6 heteroatoms. The van der Waals surface area contributed by atoms with Gasteiger partial charge < -0.3 is 15.5 Å². The number of carbonyl (C=O) groups is 2. The van der Waals surface area contributed by atoms with Gasteiger partial charge in [0.1, 0.15) is 0 Å². The molecule has 2 N–H and O–H groups in total. The Kier molecular flexibility index (Phi) is 5.34. The number of urea groups is 1. The lowest BCUT2D eigenvalue weighted by molar-refractivity contribution is 0.0919. The van der Waals surface area contributed by atoms with Gasteiger partial charge in [0.25, 0.3) is 5.91 Å². The second kappa shape index (κ2) is 7.05. The third-order valence-corrected chi connectivity index (χ3v) is 4.11. The van der Waals surface area contributed by atoms with Gasteiger partial charge in [0.2, 0.25) is 0 Å². The molecule has 1 aromatic carbocycles. The number of carbonyl (C=O) groups excluding carboxylic acids is 2. The van der Waals surface area contributed by atoms with E-state index in [2.05, 4.69) is 10.6 Å². The molecule has 120 valence electrons. The molecule has 1 aromatic rings. The van der Waals surface area contributed by atoms with Crippen molar-refractivity contribution in [1.82, 2.24) is 10.2 Å². The molecule has 0 aliphatic carbocycles. The first-order valence-corrected chi connectivity index (χ1v) is 8.57. The zero-order valence-corrected chi connectivity index (χ0v) is 14.1. The van der Waals surface area contributed by atoms with Crippen LogP contribution in [0.4, 0.5) is 10.5 Å². The van der Waals surface area contributed by atoms with E-state index in [1.807, 2.05) is 32.5 Å². The van der Waals surface area contributed by atoms with Crippen LogP contribution in [0.25, 0.3) is 0 Å². The molecular formula is C16H23N3O2S. The Balaban J connectivity index is 2.01. The summed E-state index contributed by atoms with van der Waals surface area (Å²) in [5.74, 6) is 1.81. The monoisotopic (exact) mass is 321 g/mol. The molecular weight excluding hydrogens is 298 g/mol. The number of hydrogen-bond donors (Lipinski definition) is 2. The number of nitrogens with zero attached hydrogens (tertiary/aromatic N) is 1. The third kappa shape index (κ3) is 4.94. The summed E-state index contributed by atoms with van der Waals surface area (Å²) in [6, 6.07) is 6.92. The van der Waals surface area contributed by atoms with Crippen LogP contribution in [0.3, 0.4) is 0 Å². The first kappa shape index (κ1) is 16.7. The van der Waals surface area contributed by atoms with E-state index in [4.69, 9.17) is 0 Å². The van der Waals surface area contributed by atoms with E-state index in [0.717, 1.165) is 24.6 Å². The molecule has 1 saturated heterocycles. The Morgan fingerprint density at radius 2 is 1.86 bits per heavy atom. The minimum Gasteiger partial charge on any atom is -0.347 e. The number of anilines is 1. The first-order valence-electron chi connectivity index (χ1n) is 7.41. The molecule has 0 bridgehead atoms. The van der Waals surface area contributed by atoms with Crippen LogP contribution in [-0.4, -0.2) is 47.0 Å². The maximum absolute atomic E-state index is 12.2. The molecule has 1 aliphatic rings. The highest BCUT2D eigenvalue weighted by molar-refractivity contribution is 7.99. The summed E-state index contributed by atoms with van der Waals surface area (Å²) in [4.78, 5) is 26.1. The normalized spacial score (nSPS) is 15.3. The highest BCUT2D eigenvalue weighted by Crippen LogP contribution is 2.15. The van der Waals surface area contributed by atoms with Gasteiger partial charge in [0.05, 0.1) is 0 Å². The number of nitrogens with one attached hydrogen (secondary N) is 2. The van der Waals surface area contributed by atoms with Gasteiger partial charge in [-0.1, -0.05) is 6.07 Å². The summed E-state index contributed by atoms with van der Waals surface area (Å²) in [7, 11) is 0. The highest BCUT2D eigenvalue weighted by atomic mass is 32.2. The van der Waals surface area contributed by atoms with Crippen molar-refractivity contribution in [1.29, 1.82) is 0 Å². The van der Waals surface area contributed by atoms with E-state index in [1.54, 1.807) is 29.2 Å². The molecule has 22 heavy (non-hydrogen) atoms.